The van der Waals surface area contributed by atoms with E-state index in [1.807, 2.05) is 42.5 Å². The van der Waals surface area contributed by atoms with E-state index in [0.717, 1.165) is 22.0 Å². The molecule has 3 aromatic rings. The summed E-state index contributed by atoms with van der Waals surface area (Å²) in [7, 11) is 0. The first-order valence-electron chi connectivity index (χ1n) is 6.46. The monoisotopic (exact) mass is 317 g/mol. The second-order valence-electron chi connectivity index (χ2n) is 4.66. The van der Waals surface area contributed by atoms with Crippen LogP contribution in [0.1, 0.15) is 17.2 Å². The Morgan fingerprint density at radius 1 is 0.952 bits per heavy atom. The van der Waals surface area contributed by atoms with Crippen molar-refractivity contribution in [3.05, 3.63) is 75.9 Å². The van der Waals surface area contributed by atoms with Crippen molar-refractivity contribution in [3.8, 4) is 0 Å². The number of hydrogen-bond donors (Lipinski definition) is 2. The average molecular weight is 318 g/mol. The van der Waals surface area contributed by atoms with Crippen molar-refractivity contribution in [2.24, 2.45) is 5.84 Å². The summed E-state index contributed by atoms with van der Waals surface area (Å²) in [4.78, 5) is 4.36. The van der Waals surface area contributed by atoms with Crippen molar-refractivity contribution < 1.29 is 0 Å². The highest BCUT2D eigenvalue weighted by molar-refractivity contribution is 6.42. The predicted octanol–water partition coefficient (Wildman–Crippen LogP) is 4.09. The Bertz CT molecular complexity index is 784. The molecule has 0 aliphatic rings. The molecule has 0 fully saturated rings. The Kier molecular flexibility index (Phi) is 4.08. The quantitative estimate of drug-likeness (QED) is 0.565. The summed E-state index contributed by atoms with van der Waals surface area (Å²) in [5.41, 5.74) is 5.58. The van der Waals surface area contributed by atoms with E-state index in [4.69, 9.17) is 29.0 Å². The van der Waals surface area contributed by atoms with Crippen LogP contribution < -0.4 is 11.3 Å². The molecule has 1 unspecified atom stereocenters. The van der Waals surface area contributed by atoms with Crippen molar-refractivity contribution in [2.45, 2.75) is 6.04 Å². The number of hydrazine groups is 1. The lowest BCUT2D eigenvalue weighted by atomic mass is 9.95. The lowest BCUT2D eigenvalue weighted by Crippen LogP contribution is -2.29. The van der Waals surface area contributed by atoms with Crippen LogP contribution in [-0.2, 0) is 0 Å². The maximum absolute atomic E-state index is 6.32. The highest BCUT2D eigenvalue weighted by Crippen LogP contribution is 2.34. The zero-order chi connectivity index (χ0) is 14.8. The van der Waals surface area contributed by atoms with Gasteiger partial charge in [-0.15, -0.1) is 0 Å². The summed E-state index contributed by atoms with van der Waals surface area (Å²) in [5.74, 6) is 5.77. The van der Waals surface area contributed by atoms with Crippen LogP contribution in [0.5, 0.6) is 0 Å². The van der Waals surface area contributed by atoms with Crippen LogP contribution >= 0.6 is 23.2 Å². The Morgan fingerprint density at radius 3 is 2.52 bits per heavy atom. The van der Waals surface area contributed by atoms with E-state index < -0.39 is 0 Å². The Balaban J connectivity index is 2.21. The summed E-state index contributed by atoms with van der Waals surface area (Å²) in [6, 6.07) is 15.1. The third-order valence-electron chi connectivity index (χ3n) is 3.45. The van der Waals surface area contributed by atoms with Crippen LogP contribution in [0.3, 0.4) is 0 Å². The number of halogens is 2. The first kappa shape index (κ1) is 14.3. The van der Waals surface area contributed by atoms with Gasteiger partial charge in [0.2, 0.25) is 0 Å². The smallest absolute Gasteiger partial charge is 0.0731 e. The molecule has 0 radical (unpaired) electrons. The Labute approximate surface area is 132 Å². The second-order valence-corrected chi connectivity index (χ2v) is 5.45. The molecule has 3 N–H and O–H groups in total. The topological polar surface area (TPSA) is 50.9 Å². The van der Waals surface area contributed by atoms with Crippen LogP contribution in [0.15, 0.2) is 54.7 Å². The van der Waals surface area contributed by atoms with Gasteiger partial charge in [0.05, 0.1) is 21.6 Å². The van der Waals surface area contributed by atoms with Gasteiger partial charge in [0.15, 0.2) is 0 Å². The van der Waals surface area contributed by atoms with Crippen molar-refractivity contribution in [1.29, 1.82) is 0 Å². The third-order valence-corrected chi connectivity index (χ3v) is 4.28. The van der Waals surface area contributed by atoms with Gasteiger partial charge in [-0.05, 0) is 29.3 Å². The SMILES string of the molecule is NNC(c1cccc(Cl)c1Cl)c1cccc2ncccc12. The van der Waals surface area contributed by atoms with Crippen molar-refractivity contribution in [1.82, 2.24) is 10.4 Å². The number of hydrogen-bond acceptors (Lipinski definition) is 3. The van der Waals surface area contributed by atoms with Gasteiger partial charge < -0.3 is 0 Å². The number of fused-ring (bicyclic) bond motifs is 1. The van der Waals surface area contributed by atoms with Crippen molar-refractivity contribution >= 4 is 34.1 Å². The highest BCUT2D eigenvalue weighted by Gasteiger charge is 2.19. The molecule has 3 rings (SSSR count). The standard InChI is InChI=1S/C16H13Cl2N3/c17-13-7-1-5-12(15(13)18)16(21-19)11-4-2-8-14-10(11)6-3-9-20-14/h1-9,16,21H,19H2. The Morgan fingerprint density at radius 2 is 1.71 bits per heavy atom. The summed E-state index contributed by atoms with van der Waals surface area (Å²) in [6.07, 6.45) is 1.77. The summed E-state index contributed by atoms with van der Waals surface area (Å²) >= 11 is 12.4. The van der Waals surface area contributed by atoms with Gasteiger partial charge in [-0.3, -0.25) is 10.8 Å². The lowest BCUT2D eigenvalue weighted by molar-refractivity contribution is 0.641. The lowest BCUT2D eigenvalue weighted by Gasteiger charge is -2.20. The zero-order valence-electron chi connectivity index (χ0n) is 11.1. The minimum Gasteiger partial charge on any atom is -0.271 e. The normalized spacial score (nSPS) is 12.5. The van der Waals surface area contributed by atoms with Gasteiger partial charge in [-0.2, -0.15) is 0 Å². The molecule has 21 heavy (non-hydrogen) atoms. The molecule has 106 valence electrons. The fraction of sp³-hybridized carbons (Fsp3) is 0.0625. The van der Waals surface area contributed by atoms with Crippen LogP contribution in [0, 0.1) is 0 Å². The van der Waals surface area contributed by atoms with Gasteiger partial charge in [0, 0.05) is 11.6 Å². The molecule has 3 nitrogen and oxygen atoms in total. The molecule has 0 saturated carbocycles. The van der Waals surface area contributed by atoms with E-state index in [-0.39, 0.29) is 6.04 Å². The minimum absolute atomic E-state index is 0.260. The van der Waals surface area contributed by atoms with E-state index >= 15 is 0 Å². The molecule has 0 aliphatic carbocycles. The Hall–Kier alpha value is -1.65. The molecular formula is C16H13Cl2N3. The first-order valence-corrected chi connectivity index (χ1v) is 7.21. The maximum atomic E-state index is 6.32. The molecular weight excluding hydrogens is 305 g/mol. The van der Waals surface area contributed by atoms with Crippen LogP contribution in [-0.4, -0.2) is 4.98 Å². The number of aromatic nitrogens is 1. The number of benzene rings is 2. The molecule has 1 aromatic heterocycles. The molecule has 0 amide bonds. The molecule has 1 atom stereocenters. The summed E-state index contributed by atoms with van der Waals surface area (Å²) in [5, 5.41) is 2.04. The fourth-order valence-corrected chi connectivity index (χ4v) is 2.89. The van der Waals surface area contributed by atoms with Crippen LogP contribution in [0.25, 0.3) is 10.9 Å². The minimum atomic E-state index is -0.260. The molecule has 0 bridgehead atoms. The van der Waals surface area contributed by atoms with Gasteiger partial charge in [-0.25, -0.2) is 5.43 Å². The van der Waals surface area contributed by atoms with E-state index in [0.29, 0.717) is 10.0 Å². The van der Waals surface area contributed by atoms with Gasteiger partial charge in [-0.1, -0.05) is 53.5 Å². The summed E-state index contributed by atoms with van der Waals surface area (Å²) in [6.45, 7) is 0. The number of rotatable bonds is 3. The van der Waals surface area contributed by atoms with E-state index in [1.165, 1.54) is 0 Å². The number of pyridine rings is 1. The van der Waals surface area contributed by atoms with E-state index in [2.05, 4.69) is 10.4 Å². The van der Waals surface area contributed by atoms with E-state index in [9.17, 15) is 0 Å². The molecule has 0 spiro atoms. The highest BCUT2D eigenvalue weighted by atomic mass is 35.5. The molecule has 0 aliphatic heterocycles. The molecule has 5 heteroatoms. The predicted molar refractivity (Wildman–Crippen MR) is 87.4 cm³/mol. The maximum Gasteiger partial charge on any atom is 0.0731 e. The number of nitrogens with zero attached hydrogens (tertiary/aromatic N) is 1. The largest absolute Gasteiger partial charge is 0.271 e. The average Bonchev–Trinajstić information content (AvgIpc) is 2.52. The van der Waals surface area contributed by atoms with Gasteiger partial charge >= 0.3 is 0 Å². The van der Waals surface area contributed by atoms with Crippen LogP contribution in [0.4, 0.5) is 0 Å². The van der Waals surface area contributed by atoms with Gasteiger partial charge in [0.25, 0.3) is 0 Å². The number of nitrogens with one attached hydrogen (secondary N) is 1. The third kappa shape index (κ3) is 2.61. The molecule has 0 saturated heterocycles. The molecule has 1 heterocycles. The zero-order valence-corrected chi connectivity index (χ0v) is 12.6. The van der Waals surface area contributed by atoms with Crippen LogP contribution in [0.2, 0.25) is 10.0 Å². The van der Waals surface area contributed by atoms with Crippen molar-refractivity contribution in [3.63, 3.8) is 0 Å². The van der Waals surface area contributed by atoms with Crippen molar-refractivity contribution in [2.75, 3.05) is 0 Å². The van der Waals surface area contributed by atoms with E-state index in [1.54, 1.807) is 12.3 Å². The summed E-state index contributed by atoms with van der Waals surface area (Å²) < 4.78 is 0. The molecule has 2 aromatic carbocycles. The number of nitrogens with two attached hydrogens (primary N) is 1. The fourth-order valence-electron chi connectivity index (χ4n) is 2.47. The second kappa shape index (κ2) is 6.00. The first-order chi connectivity index (χ1) is 10.2. The van der Waals surface area contributed by atoms with Gasteiger partial charge in [0.1, 0.15) is 0 Å².